The van der Waals surface area contributed by atoms with Crippen LogP contribution in [-0.4, -0.2) is 25.0 Å². The first-order valence-electron chi connectivity index (χ1n) is 7.13. The number of esters is 1. The Labute approximate surface area is 114 Å². The Balaban J connectivity index is 2.07. The van der Waals surface area contributed by atoms with Crippen LogP contribution >= 0.6 is 0 Å². The number of ether oxygens (including phenoxy) is 1. The smallest absolute Gasteiger partial charge is 0.311 e. The third-order valence-corrected chi connectivity index (χ3v) is 4.56. The molecular weight excluding hydrogens is 242 g/mol. The molecule has 2 fully saturated rings. The first-order valence-corrected chi connectivity index (χ1v) is 7.13. The summed E-state index contributed by atoms with van der Waals surface area (Å²) >= 11 is 0. The first-order chi connectivity index (χ1) is 9.08. The van der Waals surface area contributed by atoms with E-state index in [0.29, 0.717) is 11.8 Å². The highest BCUT2D eigenvalue weighted by Crippen LogP contribution is 2.48. The van der Waals surface area contributed by atoms with Gasteiger partial charge in [-0.3, -0.25) is 9.59 Å². The normalized spacial score (nSPS) is 33.3. The highest BCUT2D eigenvalue weighted by molar-refractivity contribution is 5.93. The van der Waals surface area contributed by atoms with Gasteiger partial charge >= 0.3 is 5.97 Å². The van der Waals surface area contributed by atoms with E-state index in [0.717, 1.165) is 31.3 Å². The minimum absolute atomic E-state index is 0.0427. The molecule has 0 unspecified atom stereocenters. The van der Waals surface area contributed by atoms with Crippen LogP contribution < -0.4 is 5.32 Å². The van der Waals surface area contributed by atoms with E-state index < -0.39 is 0 Å². The molecule has 1 N–H and O–H groups in total. The largest absolute Gasteiger partial charge is 0.469 e. The standard InChI is InChI=1S/C15H23NO3/c1-4-5-9(2)14(17)16-13-11-7-6-10(8-11)12(13)15(18)19-3/h5,10-13H,4,6-8H2,1-3H3,(H,16,17)/b9-5-/t10-,11-,12-,13+/m0/s1. The molecule has 2 saturated carbocycles. The van der Waals surface area contributed by atoms with Gasteiger partial charge < -0.3 is 10.1 Å². The predicted molar refractivity (Wildman–Crippen MR) is 72.3 cm³/mol. The molecule has 0 aromatic carbocycles. The molecule has 0 aromatic rings. The minimum Gasteiger partial charge on any atom is -0.469 e. The molecule has 0 aliphatic heterocycles. The fourth-order valence-electron chi connectivity index (χ4n) is 3.64. The van der Waals surface area contributed by atoms with Crippen molar-refractivity contribution in [3.8, 4) is 0 Å². The lowest BCUT2D eigenvalue weighted by Crippen LogP contribution is -2.47. The molecule has 0 radical (unpaired) electrons. The van der Waals surface area contributed by atoms with Crippen molar-refractivity contribution < 1.29 is 14.3 Å². The maximum absolute atomic E-state index is 12.1. The molecule has 4 heteroatoms. The molecule has 2 aliphatic rings. The second-order valence-electron chi connectivity index (χ2n) is 5.68. The second-order valence-corrected chi connectivity index (χ2v) is 5.68. The van der Waals surface area contributed by atoms with Gasteiger partial charge in [-0.05, 0) is 44.4 Å². The average molecular weight is 265 g/mol. The minimum atomic E-state index is -0.172. The van der Waals surface area contributed by atoms with Crippen molar-refractivity contribution in [2.45, 2.75) is 45.6 Å². The van der Waals surface area contributed by atoms with Gasteiger partial charge in [0, 0.05) is 11.6 Å². The fourth-order valence-corrected chi connectivity index (χ4v) is 3.64. The zero-order valence-corrected chi connectivity index (χ0v) is 11.9. The Morgan fingerprint density at radius 2 is 2.00 bits per heavy atom. The molecule has 2 bridgehead atoms. The summed E-state index contributed by atoms with van der Waals surface area (Å²) in [5.74, 6) is 0.454. The van der Waals surface area contributed by atoms with Crippen molar-refractivity contribution in [1.29, 1.82) is 0 Å². The number of carbonyl (C=O) groups is 2. The Morgan fingerprint density at radius 1 is 1.32 bits per heavy atom. The SMILES string of the molecule is CC/C=C(/C)C(=O)N[C@@H]1[C@H]2CC[C@@H](C2)[C@@H]1C(=O)OC. The van der Waals surface area contributed by atoms with E-state index in [-0.39, 0.29) is 23.8 Å². The number of hydrogen-bond donors (Lipinski definition) is 1. The van der Waals surface area contributed by atoms with E-state index in [9.17, 15) is 9.59 Å². The van der Waals surface area contributed by atoms with Crippen molar-refractivity contribution in [2.75, 3.05) is 7.11 Å². The van der Waals surface area contributed by atoms with Crippen molar-refractivity contribution in [3.05, 3.63) is 11.6 Å². The van der Waals surface area contributed by atoms with Crippen LogP contribution in [-0.2, 0) is 14.3 Å². The van der Waals surface area contributed by atoms with Crippen molar-refractivity contribution in [3.63, 3.8) is 0 Å². The highest BCUT2D eigenvalue weighted by Gasteiger charge is 2.51. The summed E-state index contributed by atoms with van der Waals surface area (Å²) in [6.07, 6.45) is 5.99. The molecule has 2 aliphatic carbocycles. The van der Waals surface area contributed by atoms with Gasteiger partial charge in [0.1, 0.15) is 0 Å². The van der Waals surface area contributed by atoms with Crippen LogP contribution in [0.25, 0.3) is 0 Å². The number of hydrogen-bond acceptors (Lipinski definition) is 3. The van der Waals surface area contributed by atoms with E-state index >= 15 is 0 Å². The average Bonchev–Trinajstić information content (AvgIpc) is 2.99. The van der Waals surface area contributed by atoms with Gasteiger partial charge in [-0.2, -0.15) is 0 Å². The highest BCUT2D eigenvalue weighted by atomic mass is 16.5. The van der Waals surface area contributed by atoms with Crippen LogP contribution in [0, 0.1) is 17.8 Å². The van der Waals surface area contributed by atoms with E-state index in [2.05, 4.69) is 5.32 Å². The van der Waals surface area contributed by atoms with Gasteiger partial charge in [-0.25, -0.2) is 0 Å². The molecular formula is C15H23NO3. The lowest BCUT2D eigenvalue weighted by molar-refractivity contribution is -0.148. The summed E-state index contributed by atoms with van der Waals surface area (Å²) < 4.78 is 4.90. The Kier molecular flexibility index (Phi) is 4.27. The van der Waals surface area contributed by atoms with Gasteiger partial charge in [0.15, 0.2) is 0 Å². The number of rotatable bonds is 4. The Morgan fingerprint density at radius 3 is 2.63 bits per heavy atom. The summed E-state index contributed by atoms with van der Waals surface area (Å²) in [5.41, 5.74) is 0.730. The number of amides is 1. The lowest BCUT2D eigenvalue weighted by Gasteiger charge is -2.29. The molecule has 2 rings (SSSR count). The maximum Gasteiger partial charge on any atom is 0.311 e. The van der Waals surface area contributed by atoms with E-state index in [1.54, 1.807) is 0 Å². The summed E-state index contributed by atoms with van der Waals surface area (Å²) in [6.45, 7) is 3.82. The number of methoxy groups -OCH3 is 1. The number of carbonyl (C=O) groups excluding carboxylic acids is 2. The third-order valence-electron chi connectivity index (χ3n) is 4.56. The molecule has 1 amide bonds. The van der Waals surface area contributed by atoms with Crippen molar-refractivity contribution in [2.24, 2.45) is 17.8 Å². The molecule has 0 heterocycles. The zero-order chi connectivity index (χ0) is 14.0. The monoisotopic (exact) mass is 265 g/mol. The summed E-state index contributed by atoms with van der Waals surface area (Å²) in [4.78, 5) is 24.0. The second kappa shape index (κ2) is 5.76. The maximum atomic E-state index is 12.1. The van der Waals surface area contributed by atoms with Crippen LogP contribution in [0.1, 0.15) is 39.5 Å². The van der Waals surface area contributed by atoms with Gasteiger partial charge in [0.05, 0.1) is 13.0 Å². The van der Waals surface area contributed by atoms with Gasteiger partial charge in [-0.15, -0.1) is 0 Å². The zero-order valence-electron chi connectivity index (χ0n) is 11.9. The Hall–Kier alpha value is -1.32. The summed E-state index contributed by atoms with van der Waals surface area (Å²) in [5, 5.41) is 3.05. The first kappa shape index (κ1) is 14.1. The van der Waals surface area contributed by atoms with Gasteiger partial charge in [-0.1, -0.05) is 13.0 Å². The number of fused-ring (bicyclic) bond motifs is 2. The molecule has 4 nitrogen and oxygen atoms in total. The predicted octanol–water partition coefficient (Wildman–Crippen LogP) is 2.05. The lowest BCUT2D eigenvalue weighted by atomic mass is 9.84. The molecule has 0 spiro atoms. The number of nitrogens with one attached hydrogen (secondary N) is 1. The Bertz CT molecular complexity index is 402. The molecule has 4 atom stereocenters. The fraction of sp³-hybridized carbons (Fsp3) is 0.733. The van der Waals surface area contributed by atoms with Gasteiger partial charge in [0.2, 0.25) is 5.91 Å². The quantitative estimate of drug-likeness (QED) is 0.625. The molecule has 0 saturated heterocycles. The van der Waals surface area contributed by atoms with Crippen LogP contribution in [0.4, 0.5) is 0 Å². The van der Waals surface area contributed by atoms with E-state index in [1.807, 2.05) is 19.9 Å². The van der Waals surface area contributed by atoms with Crippen molar-refractivity contribution in [1.82, 2.24) is 5.32 Å². The van der Waals surface area contributed by atoms with Crippen LogP contribution in [0.15, 0.2) is 11.6 Å². The van der Waals surface area contributed by atoms with Crippen LogP contribution in [0.3, 0.4) is 0 Å². The van der Waals surface area contributed by atoms with Crippen molar-refractivity contribution >= 4 is 11.9 Å². The molecule has 106 valence electrons. The summed E-state index contributed by atoms with van der Waals surface area (Å²) in [6, 6.07) is -0.0427. The van der Waals surface area contributed by atoms with Crippen LogP contribution in [0.5, 0.6) is 0 Å². The van der Waals surface area contributed by atoms with Gasteiger partial charge in [0.25, 0.3) is 0 Å². The molecule has 19 heavy (non-hydrogen) atoms. The van der Waals surface area contributed by atoms with E-state index in [1.165, 1.54) is 7.11 Å². The third kappa shape index (κ3) is 2.67. The summed E-state index contributed by atoms with van der Waals surface area (Å²) in [7, 11) is 1.43. The molecule has 0 aromatic heterocycles. The topological polar surface area (TPSA) is 55.4 Å². The number of allylic oxidation sites excluding steroid dienone is 1. The van der Waals surface area contributed by atoms with Crippen LogP contribution in [0.2, 0.25) is 0 Å². The van der Waals surface area contributed by atoms with E-state index in [4.69, 9.17) is 4.74 Å².